The van der Waals surface area contributed by atoms with Gasteiger partial charge in [0.05, 0.1) is 11.7 Å². The Morgan fingerprint density at radius 1 is 1.27 bits per heavy atom. The van der Waals surface area contributed by atoms with E-state index in [2.05, 4.69) is 25.7 Å². The van der Waals surface area contributed by atoms with Gasteiger partial charge in [0.25, 0.3) is 0 Å². The summed E-state index contributed by atoms with van der Waals surface area (Å²) in [6.45, 7) is 5.90. The van der Waals surface area contributed by atoms with E-state index in [0.717, 1.165) is 28.0 Å². The van der Waals surface area contributed by atoms with Gasteiger partial charge in [0.2, 0.25) is 5.91 Å². The lowest BCUT2D eigenvalue weighted by atomic mass is 10.1. The molecule has 1 atom stereocenters. The molecule has 1 aromatic carbocycles. The average Bonchev–Trinajstić information content (AvgIpc) is 3.01. The van der Waals surface area contributed by atoms with Gasteiger partial charge in [0.15, 0.2) is 0 Å². The van der Waals surface area contributed by atoms with Crippen LogP contribution in [0.4, 0.5) is 0 Å². The van der Waals surface area contributed by atoms with Crippen molar-refractivity contribution in [1.29, 1.82) is 0 Å². The molecule has 3 rings (SSSR count). The molecule has 0 bridgehead atoms. The second-order valence-corrected chi connectivity index (χ2v) is 5.36. The van der Waals surface area contributed by atoms with Crippen LogP contribution in [0.5, 0.6) is 0 Å². The minimum Gasteiger partial charge on any atom is -0.348 e. The highest BCUT2D eigenvalue weighted by atomic mass is 16.2. The highest BCUT2D eigenvalue weighted by molar-refractivity contribution is 5.77. The fraction of sp³-hybridized carbons (Fsp3) is 0.333. The smallest absolute Gasteiger partial charge is 0.244 e. The number of hydrogen-bond donors (Lipinski definition) is 2. The molecule has 0 aliphatic rings. The zero-order valence-corrected chi connectivity index (χ0v) is 12.8. The number of carbonyl (C=O) groups is 1. The lowest BCUT2D eigenvalue weighted by Gasteiger charge is -2.14. The zero-order valence-electron chi connectivity index (χ0n) is 12.8. The second kappa shape index (κ2) is 5.59. The summed E-state index contributed by atoms with van der Waals surface area (Å²) in [4.78, 5) is 13.6. The highest BCUT2D eigenvalue weighted by Gasteiger charge is 2.17. The number of hydrogen-bond acceptors (Lipinski definition) is 4. The third-order valence-corrected chi connectivity index (χ3v) is 3.61. The van der Waals surface area contributed by atoms with E-state index in [0.29, 0.717) is 0 Å². The van der Waals surface area contributed by atoms with Crippen molar-refractivity contribution in [2.75, 3.05) is 0 Å². The molecule has 1 amide bonds. The number of aromatic amines is 1. The largest absolute Gasteiger partial charge is 0.348 e. The Morgan fingerprint density at radius 3 is 2.45 bits per heavy atom. The number of aromatic nitrogens is 5. The molecule has 0 fully saturated rings. The molecule has 0 saturated heterocycles. The molecule has 3 aromatic rings. The van der Waals surface area contributed by atoms with Gasteiger partial charge in [-0.25, -0.2) is 0 Å². The Morgan fingerprint density at radius 2 is 1.91 bits per heavy atom. The van der Waals surface area contributed by atoms with Crippen molar-refractivity contribution in [2.45, 2.75) is 33.4 Å². The maximum absolute atomic E-state index is 12.2. The van der Waals surface area contributed by atoms with Crippen LogP contribution >= 0.6 is 0 Å². The van der Waals surface area contributed by atoms with E-state index < -0.39 is 0 Å². The predicted molar refractivity (Wildman–Crippen MR) is 82.1 cm³/mol. The van der Waals surface area contributed by atoms with Crippen LogP contribution in [0.15, 0.2) is 24.3 Å². The fourth-order valence-electron chi connectivity index (χ4n) is 2.66. The number of fused-ring (bicyclic) bond motifs is 1. The molecule has 0 radical (unpaired) electrons. The fourth-order valence-corrected chi connectivity index (χ4v) is 2.66. The summed E-state index contributed by atoms with van der Waals surface area (Å²) in [6.07, 6.45) is 0. The molecule has 2 aromatic heterocycles. The molecule has 22 heavy (non-hydrogen) atoms. The number of aryl methyl sites for hydroxylation is 2. The molecule has 0 aliphatic carbocycles. The number of rotatable bonds is 4. The summed E-state index contributed by atoms with van der Waals surface area (Å²) in [5.41, 5.74) is 4.45. The standard InChI is InChI=1S/C15H18N6O/c1-9(15-10(2)17-18-11(15)3)16-14(22)8-21-19-12-6-4-5-7-13(12)20-21/h4-7,9H,8H2,1-3H3,(H,16,22)(H,17,18)/t9-/m1/s1. The van der Waals surface area contributed by atoms with Gasteiger partial charge in [0, 0.05) is 11.3 Å². The molecule has 0 unspecified atom stereocenters. The quantitative estimate of drug-likeness (QED) is 0.766. The third kappa shape index (κ3) is 2.69. The van der Waals surface area contributed by atoms with E-state index in [1.807, 2.05) is 45.0 Å². The number of carbonyl (C=O) groups excluding carboxylic acids is 1. The van der Waals surface area contributed by atoms with Crippen molar-refractivity contribution in [1.82, 2.24) is 30.5 Å². The Kier molecular flexibility index (Phi) is 3.62. The predicted octanol–water partition coefficient (Wildman–Crippen LogP) is 1.65. The van der Waals surface area contributed by atoms with E-state index in [1.54, 1.807) is 0 Å². The number of amides is 1. The third-order valence-electron chi connectivity index (χ3n) is 3.61. The van der Waals surface area contributed by atoms with E-state index in [1.165, 1.54) is 4.80 Å². The summed E-state index contributed by atoms with van der Waals surface area (Å²) >= 11 is 0. The maximum atomic E-state index is 12.2. The zero-order chi connectivity index (χ0) is 15.7. The Balaban J connectivity index is 1.69. The molecule has 2 N–H and O–H groups in total. The molecule has 0 spiro atoms. The number of nitrogens with zero attached hydrogens (tertiary/aromatic N) is 4. The topological polar surface area (TPSA) is 88.5 Å². The summed E-state index contributed by atoms with van der Waals surface area (Å²) in [5.74, 6) is -0.132. The van der Waals surface area contributed by atoms with Crippen LogP contribution in [0, 0.1) is 13.8 Å². The number of nitrogens with one attached hydrogen (secondary N) is 2. The summed E-state index contributed by atoms with van der Waals surface area (Å²) in [7, 11) is 0. The van der Waals surface area contributed by atoms with Crippen LogP contribution in [-0.4, -0.2) is 31.1 Å². The van der Waals surface area contributed by atoms with Gasteiger partial charge in [-0.3, -0.25) is 9.89 Å². The number of benzene rings is 1. The van der Waals surface area contributed by atoms with E-state index in [4.69, 9.17) is 0 Å². The SMILES string of the molecule is Cc1n[nH]c(C)c1[C@@H](C)NC(=O)Cn1nc2ccccc2n1. The first kappa shape index (κ1) is 14.2. The Labute approximate surface area is 127 Å². The van der Waals surface area contributed by atoms with Crippen LogP contribution in [0.1, 0.15) is 29.9 Å². The molecule has 0 saturated carbocycles. The van der Waals surface area contributed by atoms with Gasteiger partial charge in [-0.15, -0.1) is 0 Å². The first-order valence-electron chi connectivity index (χ1n) is 7.15. The minimum absolute atomic E-state index is 0.0922. The van der Waals surface area contributed by atoms with Crippen molar-refractivity contribution in [3.63, 3.8) is 0 Å². The van der Waals surface area contributed by atoms with Crippen molar-refractivity contribution < 1.29 is 4.79 Å². The summed E-state index contributed by atoms with van der Waals surface area (Å²) in [6, 6.07) is 7.42. The summed E-state index contributed by atoms with van der Waals surface area (Å²) in [5, 5.41) is 18.6. The molecule has 114 valence electrons. The molecule has 7 heteroatoms. The highest BCUT2D eigenvalue weighted by Crippen LogP contribution is 2.18. The van der Waals surface area contributed by atoms with Gasteiger partial charge in [-0.1, -0.05) is 12.1 Å². The van der Waals surface area contributed by atoms with E-state index >= 15 is 0 Å². The Hall–Kier alpha value is -2.70. The van der Waals surface area contributed by atoms with Crippen molar-refractivity contribution in [3.05, 3.63) is 41.2 Å². The second-order valence-electron chi connectivity index (χ2n) is 5.36. The average molecular weight is 298 g/mol. The first-order valence-corrected chi connectivity index (χ1v) is 7.15. The van der Waals surface area contributed by atoms with Gasteiger partial charge < -0.3 is 5.32 Å². The van der Waals surface area contributed by atoms with Crippen molar-refractivity contribution >= 4 is 16.9 Å². The van der Waals surface area contributed by atoms with Crippen LogP contribution in [-0.2, 0) is 11.3 Å². The van der Waals surface area contributed by atoms with E-state index in [-0.39, 0.29) is 18.5 Å². The lowest BCUT2D eigenvalue weighted by molar-refractivity contribution is -0.122. The normalized spacial score (nSPS) is 12.5. The van der Waals surface area contributed by atoms with Gasteiger partial charge in [0.1, 0.15) is 17.6 Å². The van der Waals surface area contributed by atoms with Gasteiger partial charge in [-0.2, -0.15) is 20.1 Å². The lowest BCUT2D eigenvalue weighted by Crippen LogP contribution is -2.31. The van der Waals surface area contributed by atoms with Crippen LogP contribution in [0.25, 0.3) is 11.0 Å². The maximum Gasteiger partial charge on any atom is 0.244 e. The molecule has 0 aliphatic heterocycles. The van der Waals surface area contributed by atoms with Crippen LogP contribution < -0.4 is 5.32 Å². The molecular weight excluding hydrogens is 280 g/mol. The molecule has 7 nitrogen and oxygen atoms in total. The van der Waals surface area contributed by atoms with Crippen LogP contribution in [0.2, 0.25) is 0 Å². The molecule has 2 heterocycles. The van der Waals surface area contributed by atoms with Gasteiger partial charge in [-0.05, 0) is 32.9 Å². The number of H-pyrrole nitrogens is 1. The Bertz CT molecular complexity index is 766. The van der Waals surface area contributed by atoms with Crippen molar-refractivity contribution in [3.8, 4) is 0 Å². The summed E-state index contributed by atoms with van der Waals surface area (Å²) < 4.78 is 0. The van der Waals surface area contributed by atoms with Gasteiger partial charge >= 0.3 is 0 Å². The van der Waals surface area contributed by atoms with Crippen LogP contribution in [0.3, 0.4) is 0 Å². The monoisotopic (exact) mass is 298 g/mol. The minimum atomic E-state index is -0.132. The van der Waals surface area contributed by atoms with E-state index in [9.17, 15) is 4.79 Å². The molecular formula is C15H18N6O. The first-order chi connectivity index (χ1) is 10.5. The van der Waals surface area contributed by atoms with Crippen molar-refractivity contribution in [2.24, 2.45) is 0 Å².